The second-order valence-corrected chi connectivity index (χ2v) is 6.72. The molecule has 0 aromatic heterocycles. The number of ether oxygens (including phenoxy) is 1. The molecule has 0 saturated carbocycles. The highest BCUT2D eigenvalue weighted by atomic mass is 35.5. The second-order valence-electron chi connectivity index (χ2n) is 6.28. The number of carbonyl (C=O) groups is 1. The summed E-state index contributed by atoms with van der Waals surface area (Å²) in [6, 6.07) is 3.70. The SMILES string of the molecule is CCCOc1c(C(=O)C2CCCNC2)cc(Cl)cc1C(C)C. The molecule has 122 valence electrons. The number of nitrogens with one attached hydrogen (secondary N) is 1. The Kier molecular flexibility index (Phi) is 6.27. The lowest BCUT2D eigenvalue weighted by atomic mass is 9.88. The molecule has 1 atom stereocenters. The molecule has 0 radical (unpaired) electrons. The van der Waals surface area contributed by atoms with Crippen molar-refractivity contribution in [2.24, 2.45) is 5.92 Å². The third-order valence-electron chi connectivity index (χ3n) is 4.09. The Bertz CT molecular complexity index is 522. The maximum Gasteiger partial charge on any atom is 0.170 e. The topological polar surface area (TPSA) is 38.3 Å². The van der Waals surface area contributed by atoms with E-state index in [1.807, 2.05) is 6.07 Å². The van der Waals surface area contributed by atoms with Crippen LogP contribution in [0.3, 0.4) is 0 Å². The van der Waals surface area contributed by atoms with Crippen LogP contribution in [0, 0.1) is 5.92 Å². The summed E-state index contributed by atoms with van der Waals surface area (Å²) in [7, 11) is 0. The first-order valence-electron chi connectivity index (χ1n) is 8.25. The van der Waals surface area contributed by atoms with E-state index in [2.05, 4.69) is 26.1 Å². The lowest BCUT2D eigenvalue weighted by Crippen LogP contribution is -2.34. The van der Waals surface area contributed by atoms with Crippen molar-refractivity contribution in [2.45, 2.75) is 46.0 Å². The van der Waals surface area contributed by atoms with Crippen LogP contribution in [-0.2, 0) is 0 Å². The molecule has 1 aromatic rings. The van der Waals surface area contributed by atoms with Crippen molar-refractivity contribution in [2.75, 3.05) is 19.7 Å². The van der Waals surface area contributed by atoms with Gasteiger partial charge in [-0.1, -0.05) is 32.4 Å². The van der Waals surface area contributed by atoms with Gasteiger partial charge in [0.2, 0.25) is 0 Å². The highest BCUT2D eigenvalue weighted by Gasteiger charge is 2.27. The molecule has 0 amide bonds. The van der Waals surface area contributed by atoms with E-state index in [0.717, 1.165) is 43.7 Å². The number of Topliss-reactive ketones (excluding diaryl/α,β-unsaturated/α-hetero) is 1. The van der Waals surface area contributed by atoms with Gasteiger partial charge in [-0.05, 0) is 49.4 Å². The van der Waals surface area contributed by atoms with Gasteiger partial charge in [-0.2, -0.15) is 0 Å². The molecule has 22 heavy (non-hydrogen) atoms. The number of benzene rings is 1. The van der Waals surface area contributed by atoms with Crippen molar-refractivity contribution in [3.05, 3.63) is 28.3 Å². The fourth-order valence-corrected chi connectivity index (χ4v) is 3.11. The van der Waals surface area contributed by atoms with Crippen LogP contribution in [0.2, 0.25) is 5.02 Å². The summed E-state index contributed by atoms with van der Waals surface area (Å²) >= 11 is 6.26. The number of halogens is 1. The van der Waals surface area contributed by atoms with E-state index in [4.69, 9.17) is 16.3 Å². The molecular formula is C18H26ClNO2. The van der Waals surface area contributed by atoms with Crippen LogP contribution in [0.4, 0.5) is 0 Å². The number of rotatable bonds is 6. The number of ketones is 1. The molecule has 1 fully saturated rings. The Morgan fingerprint density at radius 1 is 1.45 bits per heavy atom. The van der Waals surface area contributed by atoms with Crippen LogP contribution in [0.5, 0.6) is 5.75 Å². The summed E-state index contributed by atoms with van der Waals surface area (Å²) in [5, 5.41) is 3.92. The lowest BCUT2D eigenvalue weighted by molar-refractivity contribution is 0.0895. The van der Waals surface area contributed by atoms with Crippen LogP contribution in [0.25, 0.3) is 0 Å². The maximum absolute atomic E-state index is 12.9. The van der Waals surface area contributed by atoms with Gasteiger partial charge in [-0.3, -0.25) is 4.79 Å². The van der Waals surface area contributed by atoms with Crippen LogP contribution >= 0.6 is 11.6 Å². The smallest absolute Gasteiger partial charge is 0.170 e. The third kappa shape index (κ3) is 4.02. The first-order chi connectivity index (χ1) is 10.5. The van der Waals surface area contributed by atoms with E-state index in [9.17, 15) is 4.79 Å². The molecule has 1 aromatic carbocycles. The molecule has 1 N–H and O–H groups in total. The average molecular weight is 324 g/mol. The van der Waals surface area contributed by atoms with Gasteiger partial charge in [-0.25, -0.2) is 0 Å². The minimum atomic E-state index is 0.0243. The van der Waals surface area contributed by atoms with Crippen molar-refractivity contribution in [1.29, 1.82) is 0 Å². The Morgan fingerprint density at radius 3 is 2.82 bits per heavy atom. The molecule has 0 bridgehead atoms. The van der Waals surface area contributed by atoms with E-state index < -0.39 is 0 Å². The number of hydrogen-bond donors (Lipinski definition) is 1. The molecule has 1 unspecified atom stereocenters. The van der Waals surface area contributed by atoms with Crippen LogP contribution < -0.4 is 10.1 Å². The maximum atomic E-state index is 12.9. The standard InChI is InChI=1S/C18H26ClNO2/c1-4-8-22-18-15(12(2)3)9-14(19)10-16(18)17(21)13-6-5-7-20-11-13/h9-10,12-13,20H,4-8,11H2,1-3H3. The highest BCUT2D eigenvalue weighted by molar-refractivity contribution is 6.31. The zero-order valence-electron chi connectivity index (χ0n) is 13.7. The Hall–Kier alpha value is -1.06. The molecule has 1 heterocycles. The third-order valence-corrected chi connectivity index (χ3v) is 4.31. The van der Waals surface area contributed by atoms with E-state index in [1.165, 1.54) is 0 Å². The molecule has 3 nitrogen and oxygen atoms in total. The van der Waals surface area contributed by atoms with E-state index in [0.29, 0.717) is 17.2 Å². The zero-order valence-corrected chi connectivity index (χ0v) is 14.5. The summed E-state index contributed by atoms with van der Waals surface area (Å²) in [5.41, 5.74) is 1.67. The van der Waals surface area contributed by atoms with E-state index >= 15 is 0 Å². The first kappa shape index (κ1) is 17.3. The first-order valence-corrected chi connectivity index (χ1v) is 8.63. The summed E-state index contributed by atoms with van der Waals surface area (Å²) in [5.74, 6) is 1.18. The van der Waals surface area contributed by atoms with E-state index in [-0.39, 0.29) is 17.6 Å². The predicted octanol–water partition coefficient (Wildman–Crippen LogP) is 4.43. The lowest BCUT2D eigenvalue weighted by Gasteiger charge is -2.24. The van der Waals surface area contributed by atoms with Gasteiger partial charge in [0.25, 0.3) is 0 Å². The summed E-state index contributed by atoms with van der Waals surface area (Å²) in [4.78, 5) is 12.9. The van der Waals surface area contributed by atoms with Crippen molar-refractivity contribution in [1.82, 2.24) is 5.32 Å². The van der Waals surface area contributed by atoms with Gasteiger partial charge in [0, 0.05) is 17.5 Å². The fourth-order valence-electron chi connectivity index (χ4n) is 2.89. The van der Waals surface area contributed by atoms with Gasteiger partial charge in [0.15, 0.2) is 5.78 Å². The largest absolute Gasteiger partial charge is 0.493 e. The molecule has 1 aliphatic rings. The van der Waals surface area contributed by atoms with Crippen molar-refractivity contribution in [3.8, 4) is 5.75 Å². The predicted molar refractivity (Wildman–Crippen MR) is 91.3 cm³/mol. The number of carbonyl (C=O) groups excluding carboxylic acids is 1. The molecule has 4 heteroatoms. The second kappa shape index (κ2) is 7.98. The van der Waals surface area contributed by atoms with Gasteiger partial charge < -0.3 is 10.1 Å². The van der Waals surface area contributed by atoms with Crippen molar-refractivity contribution < 1.29 is 9.53 Å². The Labute approximate surface area is 138 Å². The average Bonchev–Trinajstić information content (AvgIpc) is 2.53. The van der Waals surface area contributed by atoms with E-state index in [1.54, 1.807) is 6.07 Å². The number of piperidine rings is 1. The fraction of sp³-hybridized carbons (Fsp3) is 0.611. The Morgan fingerprint density at radius 2 is 2.23 bits per heavy atom. The molecule has 2 rings (SSSR count). The monoisotopic (exact) mass is 323 g/mol. The zero-order chi connectivity index (χ0) is 16.1. The van der Waals surface area contributed by atoms with Gasteiger partial charge in [0.1, 0.15) is 5.75 Å². The molecule has 0 spiro atoms. The van der Waals surface area contributed by atoms with Crippen molar-refractivity contribution >= 4 is 17.4 Å². The highest BCUT2D eigenvalue weighted by Crippen LogP contribution is 2.35. The van der Waals surface area contributed by atoms with Gasteiger partial charge in [0.05, 0.1) is 12.2 Å². The minimum Gasteiger partial charge on any atom is -0.493 e. The number of hydrogen-bond acceptors (Lipinski definition) is 3. The van der Waals surface area contributed by atoms with Crippen LogP contribution in [0.15, 0.2) is 12.1 Å². The normalized spacial score (nSPS) is 18.5. The van der Waals surface area contributed by atoms with Gasteiger partial charge >= 0.3 is 0 Å². The summed E-state index contributed by atoms with van der Waals surface area (Å²) in [6.07, 6.45) is 2.89. The minimum absolute atomic E-state index is 0.0243. The van der Waals surface area contributed by atoms with Crippen LogP contribution in [0.1, 0.15) is 61.9 Å². The summed E-state index contributed by atoms with van der Waals surface area (Å²) < 4.78 is 5.95. The quantitative estimate of drug-likeness (QED) is 0.787. The Balaban J connectivity index is 2.40. The van der Waals surface area contributed by atoms with Crippen molar-refractivity contribution in [3.63, 3.8) is 0 Å². The molecule has 1 aliphatic heterocycles. The van der Waals surface area contributed by atoms with Crippen LogP contribution in [-0.4, -0.2) is 25.5 Å². The molecular weight excluding hydrogens is 298 g/mol. The molecule has 0 aliphatic carbocycles. The molecule has 1 saturated heterocycles. The van der Waals surface area contributed by atoms with Gasteiger partial charge in [-0.15, -0.1) is 0 Å². The summed E-state index contributed by atoms with van der Waals surface area (Å²) in [6.45, 7) is 8.62.